The first-order chi connectivity index (χ1) is 10.3. The fraction of sp³-hybridized carbons (Fsp3) is 0.353. The van der Waals surface area contributed by atoms with Crippen LogP contribution in [0, 0.1) is 0 Å². The third-order valence-electron chi connectivity index (χ3n) is 4.43. The van der Waals surface area contributed by atoms with Crippen LogP contribution in [0.25, 0.3) is 10.9 Å². The Morgan fingerprint density at radius 1 is 1.38 bits per heavy atom. The van der Waals surface area contributed by atoms with Crippen LogP contribution in [0.5, 0.6) is 0 Å². The molecule has 2 N–H and O–H groups in total. The Bertz CT molecular complexity index is 768. The van der Waals surface area contributed by atoms with E-state index in [-0.39, 0.29) is 0 Å². The number of hydrogen-bond donors (Lipinski definition) is 2. The van der Waals surface area contributed by atoms with Gasteiger partial charge in [0, 0.05) is 48.0 Å². The number of para-hydroxylation sites is 1. The number of fused-ring (bicyclic) bond motifs is 3. The Labute approximate surface area is 124 Å². The van der Waals surface area contributed by atoms with Gasteiger partial charge in [0.05, 0.1) is 6.20 Å². The van der Waals surface area contributed by atoms with E-state index in [9.17, 15) is 0 Å². The minimum atomic E-state index is 0.418. The molecule has 1 aromatic carbocycles. The Kier molecular flexibility index (Phi) is 3.04. The van der Waals surface area contributed by atoms with Crippen molar-refractivity contribution in [1.82, 2.24) is 20.1 Å². The van der Waals surface area contributed by atoms with Gasteiger partial charge in [0.15, 0.2) is 0 Å². The van der Waals surface area contributed by atoms with Crippen molar-refractivity contribution in [3.63, 3.8) is 0 Å². The molecular weight excluding hydrogens is 260 g/mol. The molecule has 0 radical (unpaired) electrons. The van der Waals surface area contributed by atoms with Crippen LogP contribution in [0.2, 0.25) is 0 Å². The zero-order valence-corrected chi connectivity index (χ0v) is 12.3. The van der Waals surface area contributed by atoms with E-state index < -0.39 is 0 Å². The second-order valence-corrected chi connectivity index (χ2v) is 5.91. The number of nitrogens with zero attached hydrogens (tertiary/aromatic N) is 2. The van der Waals surface area contributed by atoms with Crippen LogP contribution in [0.4, 0.5) is 0 Å². The zero-order chi connectivity index (χ0) is 14.2. The molecule has 2 aromatic heterocycles. The van der Waals surface area contributed by atoms with Gasteiger partial charge in [-0.25, -0.2) is 0 Å². The largest absolute Gasteiger partial charge is 0.357 e. The molecule has 4 nitrogen and oxygen atoms in total. The molecule has 0 amide bonds. The topological polar surface area (TPSA) is 45.6 Å². The Balaban J connectivity index is 1.61. The summed E-state index contributed by atoms with van der Waals surface area (Å²) in [6.45, 7) is 0.868. The quantitative estimate of drug-likeness (QED) is 0.774. The van der Waals surface area contributed by atoms with Gasteiger partial charge in [-0.2, -0.15) is 5.10 Å². The minimum absolute atomic E-state index is 0.418. The highest BCUT2D eigenvalue weighted by Gasteiger charge is 2.23. The lowest BCUT2D eigenvalue weighted by Gasteiger charge is -2.23. The monoisotopic (exact) mass is 280 g/mol. The van der Waals surface area contributed by atoms with Crippen LogP contribution in [-0.4, -0.2) is 14.8 Å². The van der Waals surface area contributed by atoms with Crippen molar-refractivity contribution in [1.29, 1.82) is 0 Å². The van der Waals surface area contributed by atoms with Crippen molar-refractivity contribution in [2.45, 2.75) is 31.8 Å². The predicted octanol–water partition coefficient (Wildman–Crippen LogP) is 3.07. The fourth-order valence-electron chi connectivity index (χ4n) is 3.42. The molecule has 108 valence electrons. The van der Waals surface area contributed by atoms with E-state index in [1.54, 1.807) is 0 Å². The van der Waals surface area contributed by atoms with Crippen LogP contribution in [-0.2, 0) is 20.0 Å². The smallest absolute Gasteiger partial charge is 0.0534 e. The first kappa shape index (κ1) is 12.7. The lowest BCUT2D eigenvalue weighted by Crippen LogP contribution is -2.24. The Morgan fingerprint density at radius 2 is 2.29 bits per heavy atom. The molecule has 21 heavy (non-hydrogen) atoms. The number of nitrogens with one attached hydrogen (secondary N) is 2. The van der Waals surface area contributed by atoms with Crippen molar-refractivity contribution in [3.8, 4) is 0 Å². The molecule has 0 saturated heterocycles. The van der Waals surface area contributed by atoms with Crippen LogP contribution in [0.3, 0.4) is 0 Å². The highest BCUT2D eigenvalue weighted by Crippen LogP contribution is 2.34. The van der Waals surface area contributed by atoms with Crippen LogP contribution >= 0.6 is 0 Å². The molecular formula is C17H20N4. The molecule has 3 aromatic rings. The molecule has 1 aliphatic rings. The van der Waals surface area contributed by atoms with E-state index in [1.807, 2.05) is 17.9 Å². The first-order valence-corrected chi connectivity index (χ1v) is 7.61. The molecule has 4 heteroatoms. The molecule has 2 heterocycles. The van der Waals surface area contributed by atoms with Gasteiger partial charge in [0.2, 0.25) is 0 Å². The van der Waals surface area contributed by atoms with Crippen LogP contribution in [0.15, 0.2) is 36.7 Å². The summed E-state index contributed by atoms with van der Waals surface area (Å²) in [6.07, 6.45) is 7.63. The van der Waals surface area contributed by atoms with Crippen molar-refractivity contribution < 1.29 is 0 Å². The van der Waals surface area contributed by atoms with Crippen molar-refractivity contribution in [2.24, 2.45) is 7.05 Å². The second kappa shape index (κ2) is 5.04. The molecule has 0 spiro atoms. The zero-order valence-electron chi connectivity index (χ0n) is 12.3. The number of aryl methyl sites for hydroxylation is 2. The minimum Gasteiger partial charge on any atom is -0.357 e. The van der Waals surface area contributed by atoms with Crippen molar-refractivity contribution in [3.05, 3.63) is 53.5 Å². The van der Waals surface area contributed by atoms with E-state index in [4.69, 9.17) is 0 Å². The Morgan fingerprint density at radius 3 is 3.14 bits per heavy atom. The predicted molar refractivity (Wildman–Crippen MR) is 84.0 cm³/mol. The maximum Gasteiger partial charge on any atom is 0.0534 e. The van der Waals surface area contributed by atoms with Crippen molar-refractivity contribution in [2.75, 3.05) is 0 Å². The first-order valence-electron chi connectivity index (χ1n) is 7.61. The summed E-state index contributed by atoms with van der Waals surface area (Å²) >= 11 is 0. The number of H-pyrrole nitrogens is 1. The maximum atomic E-state index is 4.23. The number of benzene rings is 1. The van der Waals surface area contributed by atoms with Crippen LogP contribution < -0.4 is 5.32 Å². The fourth-order valence-corrected chi connectivity index (χ4v) is 3.42. The van der Waals surface area contributed by atoms with E-state index in [0.717, 1.165) is 6.54 Å². The normalized spacial score (nSPS) is 18.0. The standard InChI is InChI=1S/C17H20N4/c1-21-11-12(10-19-21)9-18-16-8-4-6-14-13-5-2-3-7-15(13)20-17(14)16/h2-3,5,7,10-11,16,18,20H,4,6,8-9H2,1H3. The van der Waals surface area contributed by atoms with E-state index in [2.05, 4.69) is 45.9 Å². The number of rotatable bonds is 3. The summed E-state index contributed by atoms with van der Waals surface area (Å²) in [7, 11) is 1.96. The molecule has 0 fully saturated rings. The number of aromatic amines is 1. The highest BCUT2D eigenvalue weighted by molar-refractivity contribution is 5.85. The lowest BCUT2D eigenvalue weighted by atomic mass is 9.91. The van der Waals surface area contributed by atoms with Crippen LogP contribution in [0.1, 0.15) is 35.7 Å². The SMILES string of the molecule is Cn1cc(CNC2CCCc3c2[nH]c2ccccc32)cn1. The summed E-state index contributed by atoms with van der Waals surface area (Å²) in [5, 5.41) is 9.30. The third-order valence-corrected chi connectivity index (χ3v) is 4.43. The lowest BCUT2D eigenvalue weighted by molar-refractivity contribution is 0.452. The molecule has 0 saturated carbocycles. The van der Waals surface area contributed by atoms with E-state index >= 15 is 0 Å². The average Bonchev–Trinajstić information content (AvgIpc) is 3.09. The van der Waals surface area contributed by atoms with Gasteiger partial charge in [0.1, 0.15) is 0 Å². The molecule has 4 rings (SSSR count). The summed E-state index contributed by atoms with van der Waals surface area (Å²) in [5.41, 5.74) is 5.38. The van der Waals surface area contributed by atoms with Gasteiger partial charge in [-0.05, 0) is 30.9 Å². The molecule has 1 atom stereocenters. The van der Waals surface area contributed by atoms with Gasteiger partial charge >= 0.3 is 0 Å². The summed E-state index contributed by atoms with van der Waals surface area (Å²) < 4.78 is 1.85. The average molecular weight is 280 g/mol. The van der Waals surface area contributed by atoms with Gasteiger partial charge in [0.25, 0.3) is 0 Å². The molecule has 0 aliphatic heterocycles. The third kappa shape index (κ3) is 2.25. The van der Waals surface area contributed by atoms with Crippen molar-refractivity contribution >= 4 is 10.9 Å². The second-order valence-electron chi connectivity index (χ2n) is 5.91. The van der Waals surface area contributed by atoms with E-state index in [0.29, 0.717) is 6.04 Å². The summed E-state index contributed by atoms with van der Waals surface area (Å²) in [5.74, 6) is 0. The molecule has 1 aliphatic carbocycles. The number of hydrogen-bond acceptors (Lipinski definition) is 2. The summed E-state index contributed by atoms with van der Waals surface area (Å²) in [6, 6.07) is 9.05. The summed E-state index contributed by atoms with van der Waals surface area (Å²) in [4.78, 5) is 3.62. The van der Waals surface area contributed by atoms with E-state index in [1.165, 1.54) is 47.0 Å². The van der Waals surface area contributed by atoms with Gasteiger partial charge in [-0.3, -0.25) is 4.68 Å². The maximum absolute atomic E-state index is 4.23. The van der Waals surface area contributed by atoms with Gasteiger partial charge in [-0.1, -0.05) is 18.2 Å². The molecule has 1 unspecified atom stereocenters. The van der Waals surface area contributed by atoms with Gasteiger partial charge in [-0.15, -0.1) is 0 Å². The Hall–Kier alpha value is -2.07. The number of aromatic nitrogens is 3. The van der Waals surface area contributed by atoms with Gasteiger partial charge < -0.3 is 10.3 Å². The molecule has 0 bridgehead atoms. The highest BCUT2D eigenvalue weighted by atomic mass is 15.2.